The Hall–Kier alpha value is -3.04. The van der Waals surface area contributed by atoms with E-state index >= 15 is 0 Å². The van der Waals surface area contributed by atoms with Crippen LogP contribution in [0.1, 0.15) is 38.9 Å². The van der Waals surface area contributed by atoms with E-state index < -0.39 is 59.8 Å². The van der Waals surface area contributed by atoms with Crippen molar-refractivity contribution in [1.82, 2.24) is 4.90 Å². The number of carbonyl (C=O) groups excluding carboxylic acids is 4. The number of hydrogen-bond donors (Lipinski definition) is 0. The Labute approximate surface area is 188 Å². The summed E-state index contributed by atoms with van der Waals surface area (Å²) in [5, 5.41) is 11.2. The van der Waals surface area contributed by atoms with Crippen LogP contribution in [0.5, 0.6) is 0 Å². The molecular weight excluding hydrogens is 440 g/mol. The summed E-state index contributed by atoms with van der Waals surface area (Å²) < 4.78 is 39.7. The number of carboxylic acid groups (broad SMARTS) is 1. The monoisotopic (exact) mass is 464 g/mol. The molecule has 2 bridgehead atoms. The molecule has 0 radical (unpaired) electrons. The summed E-state index contributed by atoms with van der Waals surface area (Å²) >= 11 is 0. The number of rotatable bonds is 7. The topological polar surface area (TPSA) is 113 Å². The highest BCUT2D eigenvalue weighted by Gasteiger charge is 2.71. The molecule has 7 unspecified atom stereocenters. The van der Waals surface area contributed by atoms with E-state index in [1.54, 1.807) is 18.7 Å². The van der Waals surface area contributed by atoms with Gasteiger partial charge in [-0.05, 0) is 31.7 Å². The normalized spacial score (nSPS) is 31.1. The number of ether oxygens (including phenoxy) is 2. The van der Waals surface area contributed by atoms with Gasteiger partial charge in [-0.1, -0.05) is 30.3 Å². The van der Waals surface area contributed by atoms with E-state index in [4.69, 9.17) is 9.47 Å². The molecule has 1 aromatic carbocycles. The molecule has 33 heavy (non-hydrogen) atoms. The number of alkyl halides is 2. The van der Waals surface area contributed by atoms with Gasteiger partial charge in [-0.3, -0.25) is 14.4 Å². The molecule has 10 heteroatoms. The number of carbonyl (C=O) groups is 4. The van der Waals surface area contributed by atoms with Crippen molar-refractivity contribution in [2.24, 2.45) is 23.7 Å². The molecule has 3 fully saturated rings. The molecule has 2 aliphatic carbocycles. The number of amides is 1. The molecule has 0 aromatic heterocycles. The number of aliphatic carboxylic acids is 1. The van der Waals surface area contributed by atoms with Crippen LogP contribution in [0.15, 0.2) is 30.3 Å². The van der Waals surface area contributed by atoms with Gasteiger partial charge in [-0.2, -0.15) is 8.78 Å². The minimum Gasteiger partial charge on any atom is -0.544 e. The van der Waals surface area contributed by atoms with E-state index in [-0.39, 0.29) is 23.4 Å². The number of likely N-dealkylation sites (tertiary alicyclic amines) is 1. The Kier molecular flexibility index (Phi) is 5.66. The standard InChI is InChI=1S/C23H25F2NO7/c1-10(2)26-17-13-9-14(18(17)32-11(3)27)16(15(13)20(26)28)21(29)33-19(23(24,25)22(30)31)12-7-5-4-6-8-12/h4-8,10,13-19H,9H2,1-3H3,(H,30,31)/p-1. The number of hydrogen-bond acceptors (Lipinski definition) is 7. The minimum absolute atomic E-state index is 0.221. The quantitative estimate of drug-likeness (QED) is 0.555. The number of nitrogens with zero attached hydrogens (tertiary/aromatic N) is 1. The SMILES string of the molecule is CC(=O)OC1C2CC3C(C(=O)N(C(C)C)C31)C2C(=O)OC(c1ccccc1)C(F)(F)C(=O)[O-]. The van der Waals surface area contributed by atoms with Crippen LogP contribution in [0.4, 0.5) is 8.78 Å². The van der Waals surface area contributed by atoms with Crippen LogP contribution >= 0.6 is 0 Å². The molecule has 1 aliphatic heterocycles. The van der Waals surface area contributed by atoms with Crippen molar-refractivity contribution in [3.63, 3.8) is 0 Å². The zero-order valence-corrected chi connectivity index (χ0v) is 18.3. The molecule has 3 aliphatic rings. The number of benzene rings is 1. The van der Waals surface area contributed by atoms with Gasteiger partial charge < -0.3 is 24.3 Å². The Morgan fingerprint density at radius 3 is 2.33 bits per heavy atom. The fraction of sp³-hybridized carbons (Fsp3) is 0.565. The van der Waals surface area contributed by atoms with Crippen LogP contribution in [0.25, 0.3) is 0 Å². The maximum Gasteiger partial charge on any atom is 0.327 e. The molecule has 1 amide bonds. The first-order valence-electron chi connectivity index (χ1n) is 10.8. The molecular formula is C23H24F2NO7-. The lowest BCUT2D eigenvalue weighted by Crippen LogP contribution is -2.50. The highest BCUT2D eigenvalue weighted by atomic mass is 19.3. The van der Waals surface area contributed by atoms with Crippen LogP contribution in [0.3, 0.4) is 0 Å². The van der Waals surface area contributed by atoms with E-state index in [9.17, 15) is 33.1 Å². The molecule has 0 spiro atoms. The maximum atomic E-state index is 14.5. The first-order chi connectivity index (χ1) is 15.5. The zero-order chi connectivity index (χ0) is 24.2. The van der Waals surface area contributed by atoms with Crippen molar-refractivity contribution >= 4 is 23.8 Å². The average molecular weight is 464 g/mol. The predicted molar refractivity (Wildman–Crippen MR) is 105 cm³/mol. The number of halogens is 2. The molecule has 1 aromatic rings. The first kappa shape index (κ1) is 23.1. The third-order valence-corrected chi connectivity index (χ3v) is 6.98. The summed E-state index contributed by atoms with van der Waals surface area (Å²) in [6.07, 6.45) is -2.81. The van der Waals surface area contributed by atoms with E-state index in [1.165, 1.54) is 37.3 Å². The first-order valence-corrected chi connectivity index (χ1v) is 10.8. The van der Waals surface area contributed by atoms with Crippen LogP contribution in [0.2, 0.25) is 0 Å². The van der Waals surface area contributed by atoms with Crippen LogP contribution < -0.4 is 5.11 Å². The van der Waals surface area contributed by atoms with Gasteiger partial charge in [-0.25, -0.2) is 0 Å². The molecule has 7 atom stereocenters. The van der Waals surface area contributed by atoms with Gasteiger partial charge in [0.2, 0.25) is 5.91 Å². The Morgan fingerprint density at radius 1 is 1.15 bits per heavy atom. The minimum atomic E-state index is -4.50. The van der Waals surface area contributed by atoms with Crippen molar-refractivity contribution in [3.05, 3.63) is 35.9 Å². The van der Waals surface area contributed by atoms with Gasteiger partial charge in [0.15, 0.2) is 6.10 Å². The maximum absolute atomic E-state index is 14.5. The van der Waals surface area contributed by atoms with Crippen LogP contribution in [0, 0.1) is 23.7 Å². The van der Waals surface area contributed by atoms with Gasteiger partial charge in [0.05, 0.1) is 17.9 Å². The van der Waals surface area contributed by atoms with Crippen molar-refractivity contribution in [1.29, 1.82) is 0 Å². The highest BCUT2D eigenvalue weighted by Crippen LogP contribution is 2.60. The van der Waals surface area contributed by atoms with E-state index in [0.29, 0.717) is 6.42 Å². The Bertz CT molecular complexity index is 982. The summed E-state index contributed by atoms with van der Waals surface area (Å²) in [6.45, 7) is 4.83. The second kappa shape index (κ2) is 8.07. The summed E-state index contributed by atoms with van der Waals surface area (Å²) in [6, 6.07) is 6.17. The van der Waals surface area contributed by atoms with Gasteiger partial charge >= 0.3 is 17.9 Å². The van der Waals surface area contributed by atoms with E-state index in [0.717, 1.165) is 0 Å². The largest absolute Gasteiger partial charge is 0.544 e. The molecule has 1 heterocycles. The van der Waals surface area contributed by atoms with Crippen molar-refractivity contribution in [2.45, 2.75) is 57.4 Å². The summed E-state index contributed by atoms with van der Waals surface area (Å²) in [7, 11) is 0. The summed E-state index contributed by atoms with van der Waals surface area (Å²) in [5.74, 6) is -12.0. The van der Waals surface area contributed by atoms with Crippen LogP contribution in [-0.2, 0) is 28.7 Å². The average Bonchev–Trinajstić information content (AvgIpc) is 3.34. The highest BCUT2D eigenvalue weighted by molar-refractivity contribution is 5.90. The van der Waals surface area contributed by atoms with E-state index in [2.05, 4.69) is 0 Å². The van der Waals surface area contributed by atoms with Crippen molar-refractivity contribution < 1.29 is 42.5 Å². The summed E-state index contributed by atoms with van der Waals surface area (Å²) in [5.41, 5.74) is -0.223. The Balaban J connectivity index is 1.68. The van der Waals surface area contributed by atoms with Crippen molar-refractivity contribution in [2.75, 3.05) is 0 Å². The third-order valence-electron chi connectivity index (χ3n) is 6.98. The zero-order valence-electron chi connectivity index (χ0n) is 18.3. The smallest absolute Gasteiger partial charge is 0.327 e. The molecule has 1 saturated heterocycles. The van der Waals surface area contributed by atoms with Gasteiger partial charge in [0.25, 0.3) is 0 Å². The number of fused-ring (bicyclic) bond motifs is 1. The van der Waals surface area contributed by atoms with Gasteiger partial charge in [0, 0.05) is 18.9 Å². The fourth-order valence-corrected chi connectivity index (χ4v) is 5.90. The lowest BCUT2D eigenvalue weighted by molar-refractivity contribution is -0.337. The summed E-state index contributed by atoms with van der Waals surface area (Å²) in [4.78, 5) is 51.0. The van der Waals surface area contributed by atoms with E-state index in [1.807, 2.05) is 0 Å². The molecule has 0 N–H and O–H groups in total. The van der Waals surface area contributed by atoms with Gasteiger partial charge in [-0.15, -0.1) is 0 Å². The molecule has 2 saturated carbocycles. The number of carboxylic acids is 1. The fourth-order valence-electron chi connectivity index (χ4n) is 5.90. The predicted octanol–water partition coefficient (Wildman–Crippen LogP) is 1.09. The lowest BCUT2D eigenvalue weighted by atomic mass is 9.78. The molecule has 8 nitrogen and oxygen atoms in total. The molecule has 178 valence electrons. The number of esters is 2. The Morgan fingerprint density at radius 2 is 1.79 bits per heavy atom. The molecule has 4 rings (SSSR count). The second-order valence-corrected chi connectivity index (χ2v) is 9.16. The third kappa shape index (κ3) is 3.55. The van der Waals surface area contributed by atoms with Crippen molar-refractivity contribution in [3.8, 4) is 0 Å². The van der Waals surface area contributed by atoms with Gasteiger partial charge in [0.1, 0.15) is 12.1 Å². The second-order valence-electron chi connectivity index (χ2n) is 9.16. The lowest BCUT2D eigenvalue weighted by Gasteiger charge is -2.36. The van der Waals surface area contributed by atoms with Crippen LogP contribution in [-0.4, -0.2) is 52.8 Å².